The van der Waals surface area contributed by atoms with Crippen LogP contribution in [0.15, 0.2) is 84.9 Å². The Labute approximate surface area is 167 Å². The average molecular weight is 370 g/mol. The zero-order chi connectivity index (χ0) is 19.2. The fraction of sp³-hybridized carbons (Fsp3) is 0.240. The molecule has 0 saturated carbocycles. The van der Waals surface area contributed by atoms with Crippen LogP contribution in [0, 0.1) is 0 Å². The maximum atomic E-state index is 13.2. The first kappa shape index (κ1) is 18.5. The zero-order valence-corrected chi connectivity index (χ0v) is 16.1. The Bertz CT molecular complexity index is 867. The van der Waals surface area contributed by atoms with Crippen molar-refractivity contribution in [3.05, 3.63) is 107 Å². The van der Waals surface area contributed by atoms with Crippen molar-refractivity contribution in [2.45, 2.75) is 26.1 Å². The van der Waals surface area contributed by atoms with Gasteiger partial charge >= 0.3 is 0 Å². The van der Waals surface area contributed by atoms with E-state index in [9.17, 15) is 4.79 Å². The first-order chi connectivity index (χ1) is 13.8. The van der Waals surface area contributed by atoms with Crippen LogP contribution < -0.4 is 0 Å². The third-order valence-corrected chi connectivity index (χ3v) is 5.35. The summed E-state index contributed by atoms with van der Waals surface area (Å²) in [4.78, 5) is 17.5. The summed E-state index contributed by atoms with van der Waals surface area (Å²) in [5, 5.41) is 0. The lowest BCUT2D eigenvalue weighted by atomic mass is 10.00. The lowest BCUT2D eigenvalue weighted by Gasteiger charge is -2.31. The number of carbonyl (C=O) groups is 1. The number of benzene rings is 3. The van der Waals surface area contributed by atoms with Gasteiger partial charge in [-0.1, -0.05) is 84.9 Å². The Morgan fingerprint density at radius 3 is 1.89 bits per heavy atom. The number of carbonyl (C=O) groups excluding carboxylic acids is 1. The molecule has 3 aromatic carbocycles. The van der Waals surface area contributed by atoms with Gasteiger partial charge in [0, 0.05) is 26.2 Å². The number of hydrogen-bond donors (Lipinski definition) is 0. The molecule has 3 heteroatoms. The van der Waals surface area contributed by atoms with Gasteiger partial charge in [0.2, 0.25) is 5.91 Å². The molecule has 0 aliphatic carbocycles. The number of nitrogens with zero attached hydrogens (tertiary/aromatic N) is 2. The fourth-order valence-corrected chi connectivity index (χ4v) is 3.82. The first-order valence-corrected chi connectivity index (χ1v) is 9.93. The van der Waals surface area contributed by atoms with Crippen LogP contribution in [0.2, 0.25) is 0 Å². The molecule has 4 rings (SSSR count). The predicted octanol–water partition coefficient (Wildman–Crippen LogP) is 4.27. The van der Waals surface area contributed by atoms with Crippen LogP contribution >= 0.6 is 0 Å². The van der Waals surface area contributed by atoms with E-state index in [1.807, 2.05) is 41.3 Å². The molecule has 0 fully saturated rings. The lowest BCUT2D eigenvalue weighted by Crippen LogP contribution is -2.41. The van der Waals surface area contributed by atoms with Gasteiger partial charge in [0.25, 0.3) is 0 Å². The molecule has 0 atom stereocenters. The summed E-state index contributed by atoms with van der Waals surface area (Å²) < 4.78 is 0. The summed E-state index contributed by atoms with van der Waals surface area (Å²) in [6, 6.07) is 29.0. The smallest absolute Gasteiger partial charge is 0.237 e. The van der Waals surface area contributed by atoms with Crippen molar-refractivity contribution < 1.29 is 4.79 Å². The highest BCUT2D eigenvalue weighted by molar-refractivity contribution is 5.78. The molecule has 1 amide bonds. The van der Waals surface area contributed by atoms with Crippen molar-refractivity contribution in [3.63, 3.8) is 0 Å². The largest absolute Gasteiger partial charge is 0.333 e. The average Bonchev–Trinajstić information content (AvgIpc) is 2.75. The fourth-order valence-electron chi connectivity index (χ4n) is 3.82. The molecule has 1 heterocycles. The molecule has 0 aromatic heterocycles. The van der Waals surface area contributed by atoms with E-state index in [0.29, 0.717) is 19.6 Å². The molecule has 0 bridgehead atoms. The Kier molecular flexibility index (Phi) is 5.83. The van der Waals surface area contributed by atoms with Crippen molar-refractivity contribution in [3.8, 4) is 0 Å². The molecule has 0 saturated heterocycles. The van der Waals surface area contributed by atoms with Gasteiger partial charge < -0.3 is 4.90 Å². The normalized spacial score (nSPS) is 13.7. The maximum Gasteiger partial charge on any atom is 0.237 e. The number of amides is 1. The molecule has 0 radical (unpaired) electrons. The molecule has 0 unspecified atom stereocenters. The van der Waals surface area contributed by atoms with Gasteiger partial charge in [-0.15, -0.1) is 0 Å². The topological polar surface area (TPSA) is 23.6 Å². The highest BCUT2D eigenvalue weighted by Crippen LogP contribution is 2.19. The monoisotopic (exact) mass is 370 g/mol. The SMILES string of the molecule is O=C(CN1CCc2ccccc2C1)N(Cc1ccccc1)Cc1ccccc1. The van der Waals surface area contributed by atoms with Crippen LogP contribution in [0.25, 0.3) is 0 Å². The van der Waals surface area contributed by atoms with Gasteiger partial charge in [-0.25, -0.2) is 0 Å². The van der Waals surface area contributed by atoms with E-state index >= 15 is 0 Å². The quantitative estimate of drug-likeness (QED) is 0.647. The maximum absolute atomic E-state index is 13.2. The number of hydrogen-bond acceptors (Lipinski definition) is 2. The summed E-state index contributed by atoms with van der Waals surface area (Å²) in [6.45, 7) is 3.53. The molecule has 0 N–H and O–H groups in total. The number of rotatable bonds is 6. The van der Waals surface area contributed by atoms with E-state index in [1.165, 1.54) is 11.1 Å². The van der Waals surface area contributed by atoms with E-state index < -0.39 is 0 Å². The minimum Gasteiger partial charge on any atom is -0.333 e. The van der Waals surface area contributed by atoms with Crippen LogP contribution in [-0.4, -0.2) is 28.8 Å². The minimum absolute atomic E-state index is 0.187. The van der Waals surface area contributed by atoms with Crippen LogP contribution in [0.1, 0.15) is 22.3 Å². The summed E-state index contributed by atoms with van der Waals surface area (Å²) in [5.41, 5.74) is 5.09. The Hall–Kier alpha value is -2.91. The first-order valence-electron chi connectivity index (χ1n) is 9.93. The second-order valence-corrected chi connectivity index (χ2v) is 7.45. The molecule has 142 valence electrons. The van der Waals surface area contributed by atoms with E-state index in [2.05, 4.69) is 53.4 Å². The highest BCUT2D eigenvalue weighted by atomic mass is 16.2. The molecular formula is C25H26N2O. The van der Waals surface area contributed by atoms with Crippen molar-refractivity contribution in [2.75, 3.05) is 13.1 Å². The summed E-state index contributed by atoms with van der Waals surface area (Å²) in [7, 11) is 0. The van der Waals surface area contributed by atoms with Crippen molar-refractivity contribution in [1.29, 1.82) is 0 Å². The minimum atomic E-state index is 0.187. The third kappa shape index (κ3) is 4.68. The third-order valence-electron chi connectivity index (χ3n) is 5.35. The van der Waals surface area contributed by atoms with Crippen LogP contribution in [-0.2, 0) is 30.8 Å². The molecule has 1 aliphatic heterocycles. The van der Waals surface area contributed by atoms with Gasteiger partial charge in [-0.2, -0.15) is 0 Å². The van der Waals surface area contributed by atoms with Crippen molar-refractivity contribution >= 4 is 5.91 Å². The van der Waals surface area contributed by atoms with Crippen LogP contribution in [0.3, 0.4) is 0 Å². The predicted molar refractivity (Wildman–Crippen MR) is 113 cm³/mol. The standard InChI is InChI=1S/C25H26N2O/c28-25(20-26-16-15-23-13-7-8-14-24(23)19-26)27(17-21-9-3-1-4-10-21)18-22-11-5-2-6-12-22/h1-14H,15-20H2. The summed E-state index contributed by atoms with van der Waals surface area (Å²) in [5.74, 6) is 0.187. The van der Waals surface area contributed by atoms with E-state index in [4.69, 9.17) is 0 Å². The molecule has 3 nitrogen and oxygen atoms in total. The van der Waals surface area contributed by atoms with Crippen molar-refractivity contribution in [1.82, 2.24) is 9.80 Å². The van der Waals surface area contributed by atoms with Gasteiger partial charge in [0.05, 0.1) is 6.54 Å². The second kappa shape index (κ2) is 8.85. The lowest BCUT2D eigenvalue weighted by molar-refractivity contribution is -0.134. The second-order valence-electron chi connectivity index (χ2n) is 7.45. The van der Waals surface area contributed by atoms with Crippen LogP contribution in [0.4, 0.5) is 0 Å². The molecular weight excluding hydrogens is 344 g/mol. The van der Waals surface area contributed by atoms with Crippen LogP contribution in [0.5, 0.6) is 0 Å². The van der Waals surface area contributed by atoms with Gasteiger partial charge in [0.15, 0.2) is 0 Å². The Morgan fingerprint density at radius 1 is 0.750 bits per heavy atom. The Morgan fingerprint density at radius 2 is 1.29 bits per heavy atom. The van der Waals surface area contributed by atoms with E-state index in [-0.39, 0.29) is 5.91 Å². The molecule has 3 aromatic rings. The van der Waals surface area contributed by atoms with Crippen molar-refractivity contribution in [2.24, 2.45) is 0 Å². The summed E-state index contributed by atoms with van der Waals surface area (Å²) >= 11 is 0. The molecule has 1 aliphatic rings. The molecule has 0 spiro atoms. The van der Waals surface area contributed by atoms with E-state index in [0.717, 1.165) is 30.6 Å². The van der Waals surface area contributed by atoms with Gasteiger partial charge in [-0.3, -0.25) is 9.69 Å². The van der Waals surface area contributed by atoms with E-state index in [1.54, 1.807) is 0 Å². The highest BCUT2D eigenvalue weighted by Gasteiger charge is 2.21. The zero-order valence-electron chi connectivity index (χ0n) is 16.1. The Balaban J connectivity index is 1.46. The van der Waals surface area contributed by atoms with Gasteiger partial charge in [-0.05, 0) is 28.7 Å². The number of fused-ring (bicyclic) bond motifs is 1. The summed E-state index contributed by atoms with van der Waals surface area (Å²) in [6.07, 6.45) is 1.01. The van der Waals surface area contributed by atoms with Gasteiger partial charge in [0.1, 0.15) is 0 Å². The molecule has 28 heavy (non-hydrogen) atoms.